The van der Waals surface area contributed by atoms with Gasteiger partial charge in [0.1, 0.15) is 0 Å². The number of carbonyl (C=O) groups excluding carboxylic acids is 1. The molecule has 1 aliphatic carbocycles. The van der Waals surface area contributed by atoms with E-state index in [1.54, 1.807) is 0 Å². The molecule has 3 heteroatoms. The Labute approximate surface area is 72.3 Å². The summed E-state index contributed by atoms with van der Waals surface area (Å²) in [5.41, 5.74) is 0. The molecule has 0 heterocycles. The van der Waals surface area contributed by atoms with Crippen LogP contribution in [-0.4, -0.2) is 18.3 Å². The molecule has 1 rings (SSSR count). The predicted octanol–water partition coefficient (Wildman–Crippen LogP) is 1.39. The molecule has 0 radical (unpaired) electrons. The molecule has 1 aliphatic rings. The lowest BCUT2D eigenvalue weighted by Crippen LogP contribution is -2.31. The van der Waals surface area contributed by atoms with Gasteiger partial charge in [0, 0.05) is 18.3 Å². The van der Waals surface area contributed by atoms with E-state index in [0.717, 1.165) is 12.5 Å². The highest BCUT2D eigenvalue weighted by Gasteiger charge is 2.22. The van der Waals surface area contributed by atoms with Crippen LogP contribution in [-0.2, 0) is 4.79 Å². The summed E-state index contributed by atoms with van der Waals surface area (Å²) in [6, 6.07) is 0. The van der Waals surface area contributed by atoms with Crippen LogP contribution in [0.3, 0.4) is 0 Å². The van der Waals surface area contributed by atoms with E-state index in [-0.39, 0.29) is 11.8 Å². The molecule has 0 aliphatic heterocycles. The first-order valence-corrected chi connectivity index (χ1v) is 4.61. The van der Waals surface area contributed by atoms with Crippen molar-refractivity contribution in [3.8, 4) is 0 Å². The highest BCUT2D eigenvalue weighted by atomic mass is 35.5. The van der Waals surface area contributed by atoms with Gasteiger partial charge in [-0.15, -0.1) is 11.6 Å². The van der Waals surface area contributed by atoms with E-state index in [4.69, 9.17) is 11.6 Å². The predicted molar refractivity (Wildman–Crippen MR) is 45.6 cm³/mol. The van der Waals surface area contributed by atoms with E-state index in [1.165, 1.54) is 12.8 Å². The maximum Gasteiger partial charge on any atom is 0.224 e. The highest BCUT2D eigenvalue weighted by molar-refractivity contribution is 6.19. The molecule has 1 atom stereocenters. The Morgan fingerprint density at radius 1 is 1.73 bits per heavy atom. The van der Waals surface area contributed by atoms with Crippen LogP contribution in [0.4, 0.5) is 0 Å². The Morgan fingerprint density at radius 3 is 2.82 bits per heavy atom. The number of carbonyl (C=O) groups is 1. The van der Waals surface area contributed by atoms with Gasteiger partial charge in [-0.2, -0.15) is 0 Å². The van der Waals surface area contributed by atoms with Crippen molar-refractivity contribution in [1.29, 1.82) is 0 Å². The summed E-state index contributed by atoms with van der Waals surface area (Å²) in [7, 11) is 0. The summed E-state index contributed by atoms with van der Waals surface area (Å²) >= 11 is 5.52. The fraction of sp³-hybridized carbons (Fsp3) is 0.875. The van der Waals surface area contributed by atoms with Gasteiger partial charge in [-0.3, -0.25) is 4.79 Å². The summed E-state index contributed by atoms with van der Waals surface area (Å²) in [4.78, 5) is 11.1. The number of hydrogen-bond donors (Lipinski definition) is 1. The lowest BCUT2D eigenvalue weighted by Gasteiger charge is -2.07. The number of nitrogens with one attached hydrogen (secondary N) is 1. The van der Waals surface area contributed by atoms with Crippen molar-refractivity contribution in [3.63, 3.8) is 0 Å². The van der Waals surface area contributed by atoms with E-state index in [2.05, 4.69) is 5.32 Å². The Kier molecular flexibility index (Phi) is 3.18. The van der Waals surface area contributed by atoms with Gasteiger partial charge in [-0.05, 0) is 18.8 Å². The van der Waals surface area contributed by atoms with Gasteiger partial charge in [0.05, 0.1) is 0 Å². The molecule has 0 aromatic rings. The first-order chi connectivity index (χ1) is 5.24. The van der Waals surface area contributed by atoms with Gasteiger partial charge < -0.3 is 5.32 Å². The largest absolute Gasteiger partial charge is 0.356 e. The molecule has 0 aromatic carbocycles. The number of halogens is 1. The molecular formula is C8H14ClNO. The van der Waals surface area contributed by atoms with Crippen molar-refractivity contribution in [1.82, 2.24) is 5.32 Å². The second-order valence-corrected chi connectivity index (χ2v) is 3.55. The first-order valence-electron chi connectivity index (χ1n) is 4.07. The second kappa shape index (κ2) is 3.96. The fourth-order valence-electron chi connectivity index (χ4n) is 0.811. The topological polar surface area (TPSA) is 29.1 Å². The van der Waals surface area contributed by atoms with Crippen LogP contribution < -0.4 is 5.32 Å². The smallest absolute Gasteiger partial charge is 0.224 e. The van der Waals surface area contributed by atoms with Crippen LogP contribution in [0.25, 0.3) is 0 Å². The van der Waals surface area contributed by atoms with E-state index >= 15 is 0 Å². The molecule has 0 spiro atoms. The molecule has 1 unspecified atom stereocenters. The lowest BCUT2D eigenvalue weighted by molar-refractivity contribution is -0.123. The van der Waals surface area contributed by atoms with Crippen LogP contribution in [0.1, 0.15) is 19.8 Å². The van der Waals surface area contributed by atoms with Gasteiger partial charge >= 0.3 is 0 Å². The maximum absolute atomic E-state index is 11.1. The van der Waals surface area contributed by atoms with Crippen LogP contribution in [0, 0.1) is 11.8 Å². The third-order valence-electron chi connectivity index (χ3n) is 1.94. The minimum atomic E-state index is -0.0459. The van der Waals surface area contributed by atoms with E-state index in [0.29, 0.717) is 5.88 Å². The average molecular weight is 176 g/mol. The minimum absolute atomic E-state index is 0.0459. The van der Waals surface area contributed by atoms with E-state index in [9.17, 15) is 4.79 Å². The van der Waals surface area contributed by atoms with Crippen molar-refractivity contribution in [3.05, 3.63) is 0 Å². The van der Waals surface area contributed by atoms with Crippen LogP contribution in [0.15, 0.2) is 0 Å². The lowest BCUT2D eigenvalue weighted by atomic mass is 10.2. The molecule has 1 saturated carbocycles. The van der Waals surface area contributed by atoms with Crippen molar-refractivity contribution in [2.75, 3.05) is 12.4 Å². The monoisotopic (exact) mass is 175 g/mol. The second-order valence-electron chi connectivity index (χ2n) is 3.24. The first kappa shape index (κ1) is 8.85. The molecule has 1 N–H and O–H groups in total. The van der Waals surface area contributed by atoms with Crippen molar-refractivity contribution in [2.24, 2.45) is 11.8 Å². The number of amides is 1. The summed E-state index contributed by atoms with van der Waals surface area (Å²) in [6.07, 6.45) is 2.55. The third-order valence-corrected chi connectivity index (χ3v) is 2.40. The van der Waals surface area contributed by atoms with Gasteiger partial charge in [0.15, 0.2) is 0 Å². The Bertz CT molecular complexity index is 145. The number of alkyl halides is 1. The fourth-order valence-corrected chi connectivity index (χ4v) is 0.951. The van der Waals surface area contributed by atoms with Crippen LogP contribution >= 0.6 is 11.6 Å². The summed E-state index contributed by atoms with van der Waals surface area (Å²) < 4.78 is 0. The molecule has 1 amide bonds. The molecule has 11 heavy (non-hydrogen) atoms. The Balaban J connectivity index is 2.08. The van der Waals surface area contributed by atoms with Gasteiger partial charge in [0.25, 0.3) is 0 Å². The Morgan fingerprint density at radius 2 is 2.36 bits per heavy atom. The van der Waals surface area contributed by atoms with Crippen molar-refractivity contribution in [2.45, 2.75) is 19.8 Å². The zero-order chi connectivity index (χ0) is 8.27. The summed E-state index contributed by atoms with van der Waals surface area (Å²) in [5, 5.41) is 2.87. The molecule has 0 aromatic heterocycles. The summed E-state index contributed by atoms with van der Waals surface area (Å²) in [6.45, 7) is 2.69. The standard InChI is InChI=1S/C8H14ClNO/c1-6(4-9)8(11)10-5-7-2-3-7/h6-7H,2-5H2,1H3,(H,10,11). The molecule has 64 valence electrons. The van der Waals surface area contributed by atoms with Gasteiger partial charge in [-0.1, -0.05) is 6.92 Å². The molecule has 0 saturated heterocycles. The van der Waals surface area contributed by atoms with Crippen molar-refractivity contribution >= 4 is 17.5 Å². The Hall–Kier alpha value is -0.240. The minimum Gasteiger partial charge on any atom is -0.356 e. The quantitative estimate of drug-likeness (QED) is 0.643. The molecule has 2 nitrogen and oxygen atoms in total. The molecule has 0 bridgehead atoms. The zero-order valence-electron chi connectivity index (χ0n) is 6.77. The number of rotatable bonds is 4. The van der Waals surface area contributed by atoms with E-state index < -0.39 is 0 Å². The zero-order valence-corrected chi connectivity index (χ0v) is 7.53. The number of hydrogen-bond acceptors (Lipinski definition) is 1. The SMILES string of the molecule is CC(CCl)C(=O)NCC1CC1. The molecular weight excluding hydrogens is 162 g/mol. The average Bonchev–Trinajstić information content (AvgIpc) is 2.81. The molecule has 1 fully saturated rings. The summed E-state index contributed by atoms with van der Waals surface area (Å²) in [5.74, 6) is 1.21. The third kappa shape index (κ3) is 3.10. The van der Waals surface area contributed by atoms with Gasteiger partial charge in [-0.25, -0.2) is 0 Å². The normalized spacial score (nSPS) is 19.5. The van der Waals surface area contributed by atoms with Gasteiger partial charge in [0.2, 0.25) is 5.91 Å². The van der Waals surface area contributed by atoms with Crippen LogP contribution in [0.5, 0.6) is 0 Å². The highest BCUT2D eigenvalue weighted by Crippen LogP contribution is 2.27. The van der Waals surface area contributed by atoms with Crippen molar-refractivity contribution < 1.29 is 4.79 Å². The maximum atomic E-state index is 11.1. The van der Waals surface area contributed by atoms with Crippen LogP contribution in [0.2, 0.25) is 0 Å². The van der Waals surface area contributed by atoms with E-state index in [1.807, 2.05) is 6.92 Å².